The van der Waals surface area contributed by atoms with Crippen LogP contribution in [0.4, 0.5) is 5.69 Å². The summed E-state index contributed by atoms with van der Waals surface area (Å²) in [5, 5.41) is 0. The maximum Gasteiger partial charge on any atom is 0.289 e. The molecule has 7 nitrogen and oxygen atoms in total. The van der Waals surface area contributed by atoms with E-state index in [0.29, 0.717) is 31.2 Å². The third kappa shape index (κ3) is 4.18. The number of carbonyl (C=O) groups excluding carboxylic acids is 1. The molecule has 0 saturated carbocycles. The zero-order valence-corrected chi connectivity index (χ0v) is 16.3. The molecule has 3 heterocycles. The lowest BCUT2D eigenvalue weighted by Gasteiger charge is -2.35. The first-order valence-electron chi connectivity index (χ1n) is 9.56. The van der Waals surface area contributed by atoms with E-state index in [0.717, 1.165) is 24.5 Å². The van der Waals surface area contributed by atoms with Crippen molar-refractivity contribution >= 4 is 11.6 Å². The number of anilines is 1. The summed E-state index contributed by atoms with van der Waals surface area (Å²) in [6, 6.07) is 16.3. The third-order valence-electron chi connectivity index (χ3n) is 5.08. The van der Waals surface area contributed by atoms with Gasteiger partial charge in [0, 0.05) is 50.2 Å². The van der Waals surface area contributed by atoms with Crippen molar-refractivity contribution in [2.75, 3.05) is 38.2 Å². The van der Waals surface area contributed by atoms with Crippen molar-refractivity contribution in [2.24, 2.45) is 0 Å². The number of methoxy groups -OCH3 is 1. The quantitative estimate of drug-likeness (QED) is 0.666. The van der Waals surface area contributed by atoms with Crippen LogP contribution in [0.5, 0.6) is 5.75 Å². The van der Waals surface area contributed by atoms with Crippen LogP contribution in [0.2, 0.25) is 0 Å². The molecule has 0 spiro atoms. The Balaban J connectivity index is 1.38. The van der Waals surface area contributed by atoms with Crippen LogP contribution in [-0.4, -0.2) is 48.7 Å². The molecule has 29 heavy (non-hydrogen) atoms. The molecule has 3 aromatic rings. The Morgan fingerprint density at radius 2 is 1.86 bits per heavy atom. The molecule has 4 rings (SSSR count). The number of aromatic nitrogens is 1. The van der Waals surface area contributed by atoms with Crippen LogP contribution in [0.25, 0.3) is 0 Å². The minimum absolute atomic E-state index is 0.106. The SMILES string of the molecule is COc1cccc(N2CCN(C(=O)c3ccc(Cn4ccccc4=O)o3)CC2)c1. The lowest BCUT2D eigenvalue weighted by Crippen LogP contribution is -2.48. The molecular weight excluding hydrogens is 370 g/mol. The van der Waals surface area contributed by atoms with E-state index in [-0.39, 0.29) is 11.5 Å². The van der Waals surface area contributed by atoms with Gasteiger partial charge in [-0.05, 0) is 30.3 Å². The van der Waals surface area contributed by atoms with Gasteiger partial charge in [-0.25, -0.2) is 0 Å². The first-order chi connectivity index (χ1) is 14.1. The van der Waals surface area contributed by atoms with Crippen LogP contribution in [0, 0.1) is 0 Å². The standard InChI is InChI=1S/C22H23N3O4/c1-28-18-6-4-5-17(15-18)23-11-13-24(14-12-23)22(27)20-9-8-19(29-20)16-25-10-3-2-7-21(25)26/h2-10,15H,11-14,16H2,1H3. The van der Waals surface area contributed by atoms with Gasteiger partial charge in [0.2, 0.25) is 0 Å². The highest BCUT2D eigenvalue weighted by atomic mass is 16.5. The normalized spacial score (nSPS) is 14.1. The highest BCUT2D eigenvalue weighted by Gasteiger charge is 2.24. The minimum Gasteiger partial charge on any atom is -0.497 e. The average molecular weight is 393 g/mol. The van der Waals surface area contributed by atoms with Gasteiger partial charge in [0.15, 0.2) is 5.76 Å². The van der Waals surface area contributed by atoms with Crippen molar-refractivity contribution in [1.82, 2.24) is 9.47 Å². The lowest BCUT2D eigenvalue weighted by atomic mass is 10.2. The average Bonchev–Trinajstić information content (AvgIpc) is 3.23. The maximum absolute atomic E-state index is 12.8. The number of hydrogen-bond acceptors (Lipinski definition) is 5. The summed E-state index contributed by atoms with van der Waals surface area (Å²) in [6.45, 7) is 3.02. The number of ether oxygens (including phenoxy) is 1. The van der Waals surface area contributed by atoms with E-state index in [2.05, 4.69) is 4.90 Å². The number of pyridine rings is 1. The number of hydrogen-bond donors (Lipinski definition) is 0. The Hall–Kier alpha value is -3.48. The van der Waals surface area contributed by atoms with Gasteiger partial charge in [-0.2, -0.15) is 0 Å². The van der Waals surface area contributed by atoms with Gasteiger partial charge < -0.3 is 23.5 Å². The predicted molar refractivity (Wildman–Crippen MR) is 110 cm³/mol. The summed E-state index contributed by atoms with van der Waals surface area (Å²) >= 11 is 0. The summed E-state index contributed by atoms with van der Waals surface area (Å²) in [7, 11) is 1.65. The zero-order chi connectivity index (χ0) is 20.2. The Morgan fingerprint density at radius 3 is 2.62 bits per heavy atom. The number of carbonyl (C=O) groups is 1. The fourth-order valence-electron chi connectivity index (χ4n) is 3.47. The molecule has 1 aromatic carbocycles. The van der Waals surface area contributed by atoms with Gasteiger partial charge in [-0.1, -0.05) is 12.1 Å². The Kier molecular flexibility index (Phi) is 5.37. The second kappa shape index (κ2) is 8.26. The maximum atomic E-state index is 12.8. The van der Waals surface area contributed by atoms with Gasteiger partial charge in [0.1, 0.15) is 11.5 Å². The van der Waals surface area contributed by atoms with E-state index < -0.39 is 0 Å². The zero-order valence-electron chi connectivity index (χ0n) is 16.3. The van der Waals surface area contributed by atoms with Gasteiger partial charge in [-0.15, -0.1) is 0 Å². The van der Waals surface area contributed by atoms with E-state index in [9.17, 15) is 9.59 Å². The van der Waals surface area contributed by atoms with Crippen molar-refractivity contribution in [2.45, 2.75) is 6.54 Å². The van der Waals surface area contributed by atoms with Crippen LogP contribution >= 0.6 is 0 Å². The van der Waals surface area contributed by atoms with E-state index in [1.807, 2.05) is 24.3 Å². The molecule has 1 amide bonds. The number of rotatable bonds is 5. The molecule has 7 heteroatoms. The van der Waals surface area contributed by atoms with E-state index >= 15 is 0 Å². The molecule has 2 aromatic heterocycles. The van der Waals surface area contributed by atoms with Crippen LogP contribution < -0.4 is 15.2 Å². The highest BCUT2D eigenvalue weighted by molar-refractivity contribution is 5.91. The van der Waals surface area contributed by atoms with Gasteiger partial charge in [-0.3, -0.25) is 9.59 Å². The van der Waals surface area contributed by atoms with Crippen LogP contribution in [0.1, 0.15) is 16.3 Å². The number of benzene rings is 1. The van der Waals surface area contributed by atoms with Gasteiger partial charge in [0.25, 0.3) is 11.5 Å². The molecule has 0 bridgehead atoms. The number of amides is 1. The Bertz CT molecular complexity index is 1050. The van der Waals surface area contributed by atoms with Gasteiger partial charge >= 0.3 is 0 Å². The molecule has 0 aliphatic carbocycles. The molecule has 1 fully saturated rings. The van der Waals surface area contributed by atoms with Crippen molar-refractivity contribution < 1.29 is 13.9 Å². The highest BCUT2D eigenvalue weighted by Crippen LogP contribution is 2.22. The monoisotopic (exact) mass is 393 g/mol. The molecule has 1 saturated heterocycles. The summed E-state index contributed by atoms with van der Waals surface area (Å²) < 4.78 is 12.6. The summed E-state index contributed by atoms with van der Waals surface area (Å²) in [5.41, 5.74) is 0.982. The number of nitrogens with zero attached hydrogens (tertiary/aromatic N) is 3. The van der Waals surface area contributed by atoms with Crippen molar-refractivity contribution in [1.29, 1.82) is 0 Å². The fourth-order valence-corrected chi connectivity index (χ4v) is 3.47. The van der Waals surface area contributed by atoms with Crippen molar-refractivity contribution in [3.63, 3.8) is 0 Å². The largest absolute Gasteiger partial charge is 0.497 e. The van der Waals surface area contributed by atoms with Gasteiger partial charge in [0.05, 0.1) is 13.7 Å². The smallest absolute Gasteiger partial charge is 0.289 e. The first kappa shape index (κ1) is 18.9. The van der Waals surface area contributed by atoms with Crippen LogP contribution in [0.3, 0.4) is 0 Å². The number of piperazine rings is 1. The lowest BCUT2D eigenvalue weighted by molar-refractivity contribution is 0.0712. The summed E-state index contributed by atoms with van der Waals surface area (Å²) in [5.74, 6) is 1.58. The Morgan fingerprint density at radius 1 is 1.03 bits per heavy atom. The topological polar surface area (TPSA) is 67.9 Å². The minimum atomic E-state index is -0.123. The second-order valence-electron chi connectivity index (χ2n) is 6.91. The van der Waals surface area contributed by atoms with Crippen molar-refractivity contribution in [3.05, 3.63) is 82.7 Å². The molecule has 0 unspecified atom stereocenters. The predicted octanol–water partition coefficient (Wildman–Crippen LogP) is 2.46. The second-order valence-corrected chi connectivity index (χ2v) is 6.91. The molecule has 0 atom stereocenters. The van der Waals surface area contributed by atoms with Crippen molar-refractivity contribution in [3.8, 4) is 5.75 Å². The van der Waals surface area contributed by atoms with Crippen LogP contribution in [0.15, 0.2) is 70.0 Å². The van der Waals surface area contributed by atoms with E-state index in [4.69, 9.17) is 9.15 Å². The molecule has 150 valence electrons. The molecular formula is C22H23N3O4. The Labute approximate surface area is 168 Å². The molecule has 0 radical (unpaired) electrons. The summed E-state index contributed by atoms with van der Waals surface area (Å²) in [4.78, 5) is 28.7. The van der Waals surface area contributed by atoms with Crippen LogP contribution in [-0.2, 0) is 6.54 Å². The molecule has 1 aliphatic rings. The number of furan rings is 1. The van der Waals surface area contributed by atoms with E-state index in [1.165, 1.54) is 6.07 Å². The van der Waals surface area contributed by atoms with E-state index in [1.54, 1.807) is 47.0 Å². The third-order valence-corrected chi connectivity index (χ3v) is 5.08. The molecule has 1 aliphatic heterocycles. The first-order valence-corrected chi connectivity index (χ1v) is 9.56. The summed E-state index contributed by atoms with van der Waals surface area (Å²) in [6.07, 6.45) is 1.70. The fraction of sp³-hybridized carbons (Fsp3) is 0.273. The molecule has 0 N–H and O–H groups in total.